The summed E-state index contributed by atoms with van der Waals surface area (Å²) in [4.78, 5) is 26.6. The van der Waals surface area contributed by atoms with Crippen molar-refractivity contribution < 1.29 is 23.8 Å². The number of aryl methyl sites for hydroxylation is 1. The van der Waals surface area contributed by atoms with Crippen LogP contribution in [0.2, 0.25) is 0 Å². The number of carbonyl (C=O) groups is 2. The highest BCUT2D eigenvalue weighted by Crippen LogP contribution is 2.26. The molecule has 0 aromatic carbocycles. The lowest BCUT2D eigenvalue weighted by molar-refractivity contribution is 0.0597. The van der Waals surface area contributed by atoms with E-state index in [4.69, 9.17) is 9.52 Å². The number of methoxy groups -OCH3 is 1. The summed E-state index contributed by atoms with van der Waals surface area (Å²) >= 11 is 1.23. The van der Waals surface area contributed by atoms with Gasteiger partial charge in [0, 0.05) is 6.20 Å². The van der Waals surface area contributed by atoms with E-state index in [9.17, 15) is 9.59 Å². The van der Waals surface area contributed by atoms with Crippen LogP contribution in [0.15, 0.2) is 33.8 Å². The summed E-state index contributed by atoms with van der Waals surface area (Å²) in [6.45, 7) is 1.67. The SMILES string of the molecule is COC(=O)c1cc(CSc2ncccc2C(=O)O)oc1C. The molecule has 0 aliphatic rings. The Bertz CT molecular complexity index is 680. The van der Waals surface area contributed by atoms with Gasteiger partial charge in [-0.3, -0.25) is 0 Å². The first kappa shape index (κ1) is 15.1. The molecule has 0 fully saturated rings. The molecule has 6 nitrogen and oxygen atoms in total. The third-order valence-electron chi connectivity index (χ3n) is 2.73. The smallest absolute Gasteiger partial charge is 0.341 e. The van der Waals surface area contributed by atoms with Gasteiger partial charge in [0.1, 0.15) is 22.1 Å². The number of carboxylic acid groups (broad SMARTS) is 1. The van der Waals surface area contributed by atoms with Crippen LogP contribution in [-0.4, -0.2) is 29.1 Å². The Labute approximate surface area is 125 Å². The summed E-state index contributed by atoms with van der Waals surface area (Å²) in [6, 6.07) is 4.66. The molecule has 0 saturated heterocycles. The molecular formula is C14H13NO5S. The van der Waals surface area contributed by atoms with Gasteiger partial charge in [0.15, 0.2) is 0 Å². The predicted molar refractivity (Wildman–Crippen MR) is 75.5 cm³/mol. The fourth-order valence-electron chi connectivity index (χ4n) is 1.74. The van der Waals surface area contributed by atoms with Crippen LogP contribution in [0, 0.1) is 6.92 Å². The monoisotopic (exact) mass is 307 g/mol. The molecule has 7 heteroatoms. The van der Waals surface area contributed by atoms with E-state index < -0.39 is 11.9 Å². The zero-order valence-electron chi connectivity index (χ0n) is 11.5. The molecule has 0 spiro atoms. The Morgan fingerprint density at radius 2 is 2.19 bits per heavy atom. The number of carboxylic acids is 1. The van der Waals surface area contributed by atoms with Crippen LogP contribution in [0.3, 0.4) is 0 Å². The van der Waals surface area contributed by atoms with Gasteiger partial charge in [-0.1, -0.05) is 11.8 Å². The van der Waals surface area contributed by atoms with Crippen molar-refractivity contribution >= 4 is 23.7 Å². The van der Waals surface area contributed by atoms with E-state index >= 15 is 0 Å². The van der Waals surface area contributed by atoms with Gasteiger partial charge in [0.2, 0.25) is 0 Å². The van der Waals surface area contributed by atoms with Crippen molar-refractivity contribution in [1.29, 1.82) is 0 Å². The molecule has 0 amide bonds. The van der Waals surface area contributed by atoms with E-state index in [1.165, 1.54) is 31.1 Å². The van der Waals surface area contributed by atoms with Crippen molar-refractivity contribution in [1.82, 2.24) is 4.98 Å². The number of rotatable bonds is 5. The number of hydrogen-bond donors (Lipinski definition) is 1. The molecule has 110 valence electrons. The number of esters is 1. The molecule has 2 heterocycles. The summed E-state index contributed by atoms with van der Waals surface area (Å²) in [5, 5.41) is 9.48. The fourth-order valence-corrected chi connectivity index (χ4v) is 2.60. The summed E-state index contributed by atoms with van der Waals surface area (Å²) in [5.41, 5.74) is 0.506. The zero-order chi connectivity index (χ0) is 15.4. The number of aromatic carboxylic acids is 1. The van der Waals surface area contributed by atoms with Crippen molar-refractivity contribution in [2.75, 3.05) is 7.11 Å². The Balaban J connectivity index is 2.14. The lowest BCUT2D eigenvalue weighted by Crippen LogP contribution is -2.00. The van der Waals surface area contributed by atoms with E-state index in [1.807, 2.05) is 0 Å². The highest BCUT2D eigenvalue weighted by molar-refractivity contribution is 7.98. The van der Waals surface area contributed by atoms with Crippen LogP contribution in [0.25, 0.3) is 0 Å². The quantitative estimate of drug-likeness (QED) is 0.671. The minimum absolute atomic E-state index is 0.138. The Kier molecular flexibility index (Phi) is 4.64. The summed E-state index contributed by atoms with van der Waals surface area (Å²) in [7, 11) is 1.30. The third kappa shape index (κ3) is 3.43. The molecule has 0 radical (unpaired) electrons. The maximum absolute atomic E-state index is 11.5. The molecule has 0 bridgehead atoms. The van der Waals surface area contributed by atoms with Gasteiger partial charge in [0.25, 0.3) is 0 Å². The van der Waals surface area contributed by atoms with Gasteiger partial charge in [-0.15, -0.1) is 0 Å². The van der Waals surface area contributed by atoms with Crippen LogP contribution < -0.4 is 0 Å². The lowest BCUT2D eigenvalue weighted by Gasteiger charge is -2.02. The highest BCUT2D eigenvalue weighted by Gasteiger charge is 2.17. The molecule has 0 saturated carbocycles. The molecule has 21 heavy (non-hydrogen) atoms. The molecule has 0 unspecified atom stereocenters. The summed E-state index contributed by atoms with van der Waals surface area (Å²) < 4.78 is 10.1. The highest BCUT2D eigenvalue weighted by atomic mass is 32.2. The normalized spacial score (nSPS) is 10.4. The summed E-state index contributed by atoms with van der Waals surface area (Å²) in [5.74, 6) is -0.0976. The van der Waals surface area contributed by atoms with Crippen molar-refractivity contribution in [2.45, 2.75) is 17.7 Å². The van der Waals surface area contributed by atoms with Crippen LogP contribution >= 0.6 is 11.8 Å². The minimum atomic E-state index is -1.03. The van der Waals surface area contributed by atoms with E-state index in [0.717, 1.165) is 0 Å². The zero-order valence-corrected chi connectivity index (χ0v) is 12.3. The topological polar surface area (TPSA) is 89.6 Å². The maximum Gasteiger partial charge on any atom is 0.341 e. The molecule has 0 aliphatic carbocycles. The number of carbonyl (C=O) groups excluding carboxylic acids is 1. The second kappa shape index (κ2) is 6.45. The minimum Gasteiger partial charge on any atom is -0.478 e. The first-order chi connectivity index (χ1) is 10.0. The predicted octanol–water partition coefficient (Wildman–Crippen LogP) is 2.76. The third-order valence-corrected chi connectivity index (χ3v) is 3.75. The van der Waals surface area contributed by atoms with Gasteiger partial charge in [0.05, 0.1) is 18.4 Å². The van der Waals surface area contributed by atoms with Crippen molar-refractivity contribution in [3.63, 3.8) is 0 Å². The van der Waals surface area contributed by atoms with E-state index in [1.54, 1.807) is 19.1 Å². The fraction of sp³-hybridized carbons (Fsp3) is 0.214. The van der Waals surface area contributed by atoms with E-state index in [-0.39, 0.29) is 5.56 Å². The Hall–Kier alpha value is -2.28. The number of pyridine rings is 1. The molecule has 1 N–H and O–H groups in total. The molecule has 2 aromatic heterocycles. The van der Waals surface area contributed by atoms with Crippen LogP contribution in [0.1, 0.15) is 32.2 Å². The Morgan fingerprint density at radius 3 is 2.86 bits per heavy atom. The second-order valence-corrected chi connectivity index (χ2v) is 5.09. The number of hydrogen-bond acceptors (Lipinski definition) is 6. The van der Waals surface area contributed by atoms with Gasteiger partial charge in [-0.25, -0.2) is 14.6 Å². The first-order valence-corrected chi connectivity index (χ1v) is 7.00. The first-order valence-electron chi connectivity index (χ1n) is 6.01. The number of aromatic nitrogens is 1. The van der Waals surface area contributed by atoms with Crippen molar-refractivity contribution in [3.05, 3.63) is 47.0 Å². The summed E-state index contributed by atoms with van der Waals surface area (Å²) in [6.07, 6.45) is 1.53. The van der Waals surface area contributed by atoms with E-state index in [2.05, 4.69) is 9.72 Å². The molecule has 2 rings (SSSR count). The number of thioether (sulfide) groups is 1. The van der Waals surface area contributed by atoms with Crippen LogP contribution in [-0.2, 0) is 10.5 Å². The lowest BCUT2D eigenvalue weighted by atomic mass is 10.2. The maximum atomic E-state index is 11.5. The number of nitrogens with zero attached hydrogens (tertiary/aromatic N) is 1. The Morgan fingerprint density at radius 1 is 1.43 bits per heavy atom. The van der Waals surface area contributed by atoms with E-state index in [0.29, 0.717) is 27.9 Å². The van der Waals surface area contributed by atoms with Gasteiger partial charge >= 0.3 is 11.9 Å². The largest absolute Gasteiger partial charge is 0.478 e. The van der Waals surface area contributed by atoms with Crippen molar-refractivity contribution in [2.24, 2.45) is 0 Å². The number of furan rings is 1. The van der Waals surface area contributed by atoms with Gasteiger partial charge in [-0.05, 0) is 25.1 Å². The number of ether oxygens (including phenoxy) is 1. The molecule has 2 aromatic rings. The van der Waals surface area contributed by atoms with Crippen molar-refractivity contribution in [3.8, 4) is 0 Å². The molecular weight excluding hydrogens is 294 g/mol. The standard InChI is InChI=1S/C14H13NO5S/c1-8-11(14(18)19-2)6-9(20-8)7-21-12-10(13(16)17)4-3-5-15-12/h3-6H,7H2,1-2H3,(H,16,17). The molecule has 0 aliphatic heterocycles. The van der Waals surface area contributed by atoms with Crippen LogP contribution in [0.5, 0.6) is 0 Å². The average molecular weight is 307 g/mol. The van der Waals surface area contributed by atoms with Gasteiger partial charge in [-0.2, -0.15) is 0 Å². The average Bonchev–Trinajstić information content (AvgIpc) is 2.85. The van der Waals surface area contributed by atoms with Crippen LogP contribution in [0.4, 0.5) is 0 Å². The second-order valence-electron chi connectivity index (χ2n) is 4.12. The van der Waals surface area contributed by atoms with Gasteiger partial charge < -0.3 is 14.3 Å². The molecule has 0 atom stereocenters.